The van der Waals surface area contributed by atoms with Crippen LogP contribution in [0.2, 0.25) is 0 Å². The zero-order valence-corrected chi connectivity index (χ0v) is 17.0. The number of fused-ring (bicyclic) bond motifs is 3. The maximum atomic E-state index is 12.4. The van der Waals surface area contributed by atoms with Gasteiger partial charge in [0.15, 0.2) is 0 Å². The summed E-state index contributed by atoms with van der Waals surface area (Å²) in [5.74, 6) is -2.08. The SMILES string of the molecule is NC(=O)c1cc(C[C@H](NC(=O)OCC2c3ccccc3-c3ccccc32)C(=O)O)ccn1. The minimum Gasteiger partial charge on any atom is -0.480 e. The number of nitrogens with two attached hydrogens (primary N) is 1. The number of ether oxygens (including phenoxy) is 1. The van der Waals surface area contributed by atoms with E-state index in [0.29, 0.717) is 5.56 Å². The zero-order chi connectivity index (χ0) is 22.7. The first-order valence-corrected chi connectivity index (χ1v) is 10.0. The van der Waals surface area contributed by atoms with Gasteiger partial charge in [-0.3, -0.25) is 9.78 Å². The molecule has 32 heavy (non-hydrogen) atoms. The Bertz CT molecular complexity index is 1150. The Balaban J connectivity index is 1.43. The number of carboxylic acids is 1. The van der Waals surface area contributed by atoms with E-state index < -0.39 is 24.0 Å². The third-order valence-corrected chi connectivity index (χ3v) is 5.45. The molecule has 3 aromatic rings. The number of aliphatic carboxylic acids is 1. The van der Waals surface area contributed by atoms with Gasteiger partial charge in [0.25, 0.3) is 5.91 Å². The lowest BCUT2D eigenvalue weighted by molar-refractivity contribution is -0.139. The third kappa shape index (κ3) is 4.29. The number of carbonyl (C=O) groups is 3. The van der Waals surface area contributed by atoms with Crippen molar-refractivity contribution in [1.29, 1.82) is 0 Å². The van der Waals surface area contributed by atoms with E-state index in [-0.39, 0.29) is 24.6 Å². The molecule has 8 nitrogen and oxygen atoms in total. The summed E-state index contributed by atoms with van der Waals surface area (Å²) in [5, 5.41) is 11.9. The van der Waals surface area contributed by atoms with E-state index in [1.165, 1.54) is 12.3 Å². The Labute approximate surface area is 184 Å². The third-order valence-electron chi connectivity index (χ3n) is 5.45. The molecule has 1 aliphatic carbocycles. The van der Waals surface area contributed by atoms with Gasteiger partial charge in [-0.25, -0.2) is 9.59 Å². The second-order valence-electron chi connectivity index (χ2n) is 7.48. The van der Waals surface area contributed by atoms with Crippen molar-refractivity contribution in [3.05, 3.63) is 89.2 Å². The van der Waals surface area contributed by atoms with Crippen molar-refractivity contribution in [2.45, 2.75) is 18.4 Å². The summed E-state index contributed by atoms with van der Waals surface area (Å²) in [6.07, 6.45) is 0.479. The average molecular weight is 431 g/mol. The number of carboxylic acid groups (broad SMARTS) is 1. The molecule has 0 saturated heterocycles. The van der Waals surface area contributed by atoms with Crippen molar-refractivity contribution < 1.29 is 24.2 Å². The fourth-order valence-electron chi connectivity index (χ4n) is 3.95. The molecule has 0 saturated carbocycles. The van der Waals surface area contributed by atoms with Gasteiger partial charge in [0.1, 0.15) is 18.3 Å². The Morgan fingerprint density at radius 3 is 2.25 bits per heavy atom. The monoisotopic (exact) mass is 431 g/mol. The Kier molecular flexibility index (Phi) is 5.85. The van der Waals surface area contributed by atoms with Crippen LogP contribution in [0.25, 0.3) is 11.1 Å². The standard InChI is InChI=1S/C24H21N3O5/c25-22(28)20-11-14(9-10-26-20)12-21(23(29)30)27-24(31)32-13-19-17-7-3-1-5-15(17)16-6-2-4-8-18(16)19/h1-11,19,21H,12-13H2,(H2,25,28)(H,27,31)(H,29,30)/t21-/m0/s1. The van der Waals surface area contributed by atoms with Crippen molar-refractivity contribution >= 4 is 18.0 Å². The van der Waals surface area contributed by atoms with Crippen LogP contribution in [0.15, 0.2) is 66.9 Å². The molecule has 0 bridgehead atoms. The molecule has 0 radical (unpaired) electrons. The number of hydrogen-bond acceptors (Lipinski definition) is 5. The number of amides is 2. The maximum absolute atomic E-state index is 12.4. The van der Waals surface area contributed by atoms with E-state index >= 15 is 0 Å². The number of nitrogens with one attached hydrogen (secondary N) is 1. The van der Waals surface area contributed by atoms with Gasteiger partial charge in [-0.15, -0.1) is 0 Å². The number of nitrogens with zero attached hydrogens (tertiary/aromatic N) is 1. The van der Waals surface area contributed by atoms with Crippen LogP contribution in [-0.2, 0) is 16.0 Å². The van der Waals surface area contributed by atoms with Gasteiger partial charge in [-0.2, -0.15) is 0 Å². The van der Waals surface area contributed by atoms with Crippen molar-refractivity contribution in [1.82, 2.24) is 10.3 Å². The second-order valence-corrected chi connectivity index (χ2v) is 7.48. The number of alkyl carbamates (subject to hydrolysis) is 1. The normalized spacial score (nSPS) is 13.0. The summed E-state index contributed by atoms with van der Waals surface area (Å²) in [6.45, 7) is 0.0767. The Morgan fingerprint density at radius 1 is 1.03 bits per heavy atom. The number of rotatable bonds is 7. The van der Waals surface area contributed by atoms with E-state index in [9.17, 15) is 19.5 Å². The molecule has 2 aromatic carbocycles. The minimum absolute atomic E-state index is 0.0211. The molecule has 2 amide bonds. The number of pyridine rings is 1. The van der Waals surface area contributed by atoms with Gasteiger partial charge < -0.3 is 20.9 Å². The highest BCUT2D eigenvalue weighted by atomic mass is 16.5. The van der Waals surface area contributed by atoms with Crippen LogP contribution in [0, 0.1) is 0 Å². The Hall–Kier alpha value is -4.20. The van der Waals surface area contributed by atoms with Crippen LogP contribution in [0.1, 0.15) is 33.1 Å². The number of hydrogen-bond donors (Lipinski definition) is 3. The van der Waals surface area contributed by atoms with E-state index in [1.807, 2.05) is 48.5 Å². The molecule has 0 aliphatic heterocycles. The molecular weight excluding hydrogens is 410 g/mol. The molecule has 1 heterocycles. The topological polar surface area (TPSA) is 132 Å². The van der Waals surface area contributed by atoms with Crippen LogP contribution >= 0.6 is 0 Å². The Morgan fingerprint density at radius 2 is 1.66 bits per heavy atom. The van der Waals surface area contributed by atoms with Crippen LogP contribution in [-0.4, -0.2) is 40.7 Å². The molecule has 1 aromatic heterocycles. The first-order valence-electron chi connectivity index (χ1n) is 10.0. The number of primary amides is 1. The summed E-state index contributed by atoms with van der Waals surface area (Å²) in [5.41, 5.74) is 10.1. The highest BCUT2D eigenvalue weighted by Gasteiger charge is 2.29. The molecule has 0 fully saturated rings. The highest BCUT2D eigenvalue weighted by Crippen LogP contribution is 2.44. The van der Waals surface area contributed by atoms with Crippen molar-refractivity contribution in [2.75, 3.05) is 6.61 Å². The minimum atomic E-state index is -1.24. The first kappa shape index (κ1) is 21.0. The van der Waals surface area contributed by atoms with Gasteiger partial charge in [0, 0.05) is 18.5 Å². The smallest absolute Gasteiger partial charge is 0.407 e. The molecule has 162 valence electrons. The lowest BCUT2D eigenvalue weighted by Gasteiger charge is -2.17. The van der Waals surface area contributed by atoms with E-state index in [0.717, 1.165) is 22.3 Å². The predicted octanol–water partition coefficient (Wildman–Crippen LogP) is 2.71. The largest absolute Gasteiger partial charge is 0.480 e. The lowest BCUT2D eigenvalue weighted by atomic mass is 9.98. The number of aromatic nitrogens is 1. The molecule has 4 N–H and O–H groups in total. The predicted molar refractivity (Wildman–Crippen MR) is 116 cm³/mol. The van der Waals surface area contributed by atoms with Crippen molar-refractivity contribution in [3.8, 4) is 11.1 Å². The summed E-state index contributed by atoms with van der Waals surface area (Å²) in [6, 6.07) is 17.6. The van der Waals surface area contributed by atoms with Gasteiger partial charge in [0.2, 0.25) is 0 Å². The van der Waals surface area contributed by atoms with Crippen molar-refractivity contribution in [2.24, 2.45) is 5.73 Å². The summed E-state index contributed by atoms with van der Waals surface area (Å²) >= 11 is 0. The van der Waals surface area contributed by atoms with E-state index in [4.69, 9.17) is 10.5 Å². The quantitative estimate of drug-likeness (QED) is 0.527. The van der Waals surface area contributed by atoms with Crippen LogP contribution in [0.3, 0.4) is 0 Å². The van der Waals surface area contributed by atoms with Crippen LogP contribution < -0.4 is 11.1 Å². The average Bonchev–Trinajstić information content (AvgIpc) is 3.11. The summed E-state index contributed by atoms with van der Waals surface area (Å²) < 4.78 is 5.42. The molecule has 1 atom stereocenters. The lowest BCUT2D eigenvalue weighted by Crippen LogP contribution is -2.43. The van der Waals surface area contributed by atoms with Crippen LogP contribution in [0.4, 0.5) is 4.79 Å². The van der Waals surface area contributed by atoms with Gasteiger partial charge >= 0.3 is 12.1 Å². The molecule has 1 aliphatic rings. The van der Waals surface area contributed by atoms with Crippen molar-refractivity contribution in [3.63, 3.8) is 0 Å². The molecular formula is C24H21N3O5. The van der Waals surface area contributed by atoms with E-state index in [1.54, 1.807) is 6.07 Å². The molecule has 0 unspecified atom stereocenters. The maximum Gasteiger partial charge on any atom is 0.407 e. The van der Waals surface area contributed by atoms with Gasteiger partial charge in [0.05, 0.1) is 0 Å². The molecule has 4 rings (SSSR count). The number of carbonyl (C=O) groups excluding carboxylic acids is 2. The van der Waals surface area contributed by atoms with Crippen LogP contribution in [0.5, 0.6) is 0 Å². The first-order chi connectivity index (χ1) is 15.4. The summed E-state index contributed by atoms with van der Waals surface area (Å²) in [4.78, 5) is 39.2. The van der Waals surface area contributed by atoms with Gasteiger partial charge in [-0.05, 0) is 39.9 Å². The number of benzene rings is 2. The fraction of sp³-hybridized carbons (Fsp3) is 0.167. The second kappa shape index (κ2) is 8.89. The highest BCUT2D eigenvalue weighted by molar-refractivity contribution is 5.91. The molecule has 0 spiro atoms. The van der Waals surface area contributed by atoms with Gasteiger partial charge in [-0.1, -0.05) is 48.5 Å². The summed E-state index contributed by atoms with van der Waals surface area (Å²) in [7, 11) is 0. The fourth-order valence-corrected chi connectivity index (χ4v) is 3.95. The molecule has 8 heteroatoms. The van der Waals surface area contributed by atoms with E-state index in [2.05, 4.69) is 10.3 Å². The zero-order valence-electron chi connectivity index (χ0n) is 17.0.